The number of methoxy groups -OCH3 is 2. The lowest BCUT2D eigenvalue weighted by molar-refractivity contribution is -0.0552. The molecule has 1 saturated carbocycles. The highest BCUT2D eigenvalue weighted by Gasteiger charge is 2.46. The van der Waals surface area contributed by atoms with Gasteiger partial charge in [-0.3, -0.25) is 0 Å². The Labute approximate surface area is 126 Å². The third kappa shape index (κ3) is 2.87. The molecule has 1 aliphatic carbocycles. The molecule has 0 radical (unpaired) electrons. The van der Waals surface area contributed by atoms with Crippen molar-refractivity contribution < 1.29 is 14.2 Å². The number of ether oxygens (including phenoxy) is 3. The zero-order chi connectivity index (χ0) is 14.7. The SMILES string of the molecule is COc1ccc(CNC2CCC23CCOCC3)c(OC)c1. The molecule has 3 rings (SSSR count). The highest BCUT2D eigenvalue weighted by atomic mass is 16.5. The van der Waals surface area contributed by atoms with Gasteiger partial charge in [0.1, 0.15) is 11.5 Å². The minimum absolute atomic E-state index is 0.484. The smallest absolute Gasteiger partial charge is 0.127 e. The molecule has 1 atom stereocenters. The maximum atomic E-state index is 5.51. The largest absolute Gasteiger partial charge is 0.497 e. The summed E-state index contributed by atoms with van der Waals surface area (Å²) in [5.74, 6) is 1.72. The number of benzene rings is 1. The van der Waals surface area contributed by atoms with Crippen molar-refractivity contribution in [1.82, 2.24) is 5.32 Å². The molecule has 21 heavy (non-hydrogen) atoms. The molecule has 1 heterocycles. The quantitative estimate of drug-likeness (QED) is 0.905. The fourth-order valence-corrected chi connectivity index (χ4v) is 3.62. The predicted octanol–water partition coefficient (Wildman–Crippen LogP) is 2.75. The third-order valence-corrected chi connectivity index (χ3v) is 5.19. The maximum Gasteiger partial charge on any atom is 0.127 e. The first-order valence-electron chi connectivity index (χ1n) is 7.79. The second-order valence-electron chi connectivity index (χ2n) is 6.12. The van der Waals surface area contributed by atoms with Gasteiger partial charge in [0.15, 0.2) is 0 Å². The molecule has 0 bridgehead atoms. The molecule has 2 fully saturated rings. The van der Waals surface area contributed by atoms with Gasteiger partial charge in [-0.05, 0) is 37.2 Å². The molecule has 1 aliphatic heterocycles. The van der Waals surface area contributed by atoms with E-state index in [1.165, 1.54) is 31.2 Å². The molecule has 1 unspecified atom stereocenters. The molecule has 1 N–H and O–H groups in total. The van der Waals surface area contributed by atoms with Crippen LogP contribution in [0.5, 0.6) is 11.5 Å². The second kappa shape index (κ2) is 6.24. The van der Waals surface area contributed by atoms with E-state index in [9.17, 15) is 0 Å². The van der Waals surface area contributed by atoms with Crippen LogP contribution in [0, 0.1) is 5.41 Å². The topological polar surface area (TPSA) is 39.7 Å². The lowest BCUT2D eigenvalue weighted by atomic mass is 9.60. The summed E-state index contributed by atoms with van der Waals surface area (Å²) in [6.45, 7) is 2.69. The lowest BCUT2D eigenvalue weighted by Crippen LogP contribution is -2.55. The Morgan fingerprint density at radius 1 is 1.19 bits per heavy atom. The maximum absolute atomic E-state index is 5.51. The van der Waals surface area contributed by atoms with E-state index in [2.05, 4.69) is 11.4 Å². The van der Waals surface area contributed by atoms with E-state index in [-0.39, 0.29) is 0 Å². The van der Waals surface area contributed by atoms with E-state index < -0.39 is 0 Å². The number of hydrogen-bond donors (Lipinski definition) is 1. The summed E-state index contributed by atoms with van der Waals surface area (Å²) >= 11 is 0. The van der Waals surface area contributed by atoms with E-state index >= 15 is 0 Å². The number of nitrogens with one attached hydrogen (secondary N) is 1. The molecule has 116 valence electrons. The molecule has 0 amide bonds. The van der Waals surface area contributed by atoms with E-state index in [0.717, 1.165) is 31.3 Å². The first-order valence-corrected chi connectivity index (χ1v) is 7.79. The molecule has 1 saturated heterocycles. The van der Waals surface area contributed by atoms with Gasteiger partial charge in [-0.25, -0.2) is 0 Å². The van der Waals surface area contributed by atoms with Crippen molar-refractivity contribution in [3.05, 3.63) is 23.8 Å². The van der Waals surface area contributed by atoms with Gasteiger partial charge >= 0.3 is 0 Å². The highest BCUT2D eigenvalue weighted by Crippen LogP contribution is 2.48. The van der Waals surface area contributed by atoms with Crippen LogP contribution in [0.25, 0.3) is 0 Å². The van der Waals surface area contributed by atoms with Gasteiger partial charge in [0.05, 0.1) is 14.2 Å². The van der Waals surface area contributed by atoms with Gasteiger partial charge in [0.25, 0.3) is 0 Å². The summed E-state index contributed by atoms with van der Waals surface area (Å²) in [6, 6.07) is 6.64. The normalized spacial score (nSPS) is 23.6. The van der Waals surface area contributed by atoms with Gasteiger partial charge in [0, 0.05) is 37.4 Å². The molecule has 1 spiro atoms. The first kappa shape index (κ1) is 14.7. The fourth-order valence-electron chi connectivity index (χ4n) is 3.62. The van der Waals surface area contributed by atoms with Crippen molar-refractivity contribution in [2.45, 2.75) is 38.3 Å². The van der Waals surface area contributed by atoms with E-state index in [4.69, 9.17) is 14.2 Å². The van der Waals surface area contributed by atoms with Crippen molar-refractivity contribution in [3.8, 4) is 11.5 Å². The van der Waals surface area contributed by atoms with Crippen molar-refractivity contribution in [2.24, 2.45) is 5.41 Å². The molecule has 1 aromatic carbocycles. The Balaban J connectivity index is 1.62. The Kier molecular flexibility index (Phi) is 4.36. The second-order valence-corrected chi connectivity index (χ2v) is 6.12. The van der Waals surface area contributed by atoms with Crippen LogP contribution in [0.2, 0.25) is 0 Å². The molecule has 4 heteroatoms. The zero-order valence-corrected chi connectivity index (χ0v) is 13.0. The van der Waals surface area contributed by atoms with E-state index in [1.807, 2.05) is 12.1 Å². The summed E-state index contributed by atoms with van der Waals surface area (Å²) in [7, 11) is 3.39. The minimum Gasteiger partial charge on any atom is -0.497 e. The summed E-state index contributed by atoms with van der Waals surface area (Å²) in [5, 5.41) is 3.73. The zero-order valence-electron chi connectivity index (χ0n) is 13.0. The van der Waals surface area contributed by atoms with Gasteiger partial charge in [-0.2, -0.15) is 0 Å². The average Bonchev–Trinajstić information content (AvgIpc) is 2.55. The minimum atomic E-state index is 0.484. The lowest BCUT2D eigenvalue weighted by Gasteiger charge is -2.52. The van der Waals surface area contributed by atoms with Crippen LogP contribution in [0.4, 0.5) is 0 Å². The molecule has 0 aromatic heterocycles. The van der Waals surface area contributed by atoms with Crippen LogP contribution >= 0.6 is 0 Å². The number of rotatable bonds is 5. The van der Waals surface area contributed by atoms with E-state index in [1.54, 1.807) is 14.2 Å². The van der Waals surface area contributed by atoms with Crippen molar-refractivity contribution in [2.75, 3.05) is 27.4 Å². The van der Waals surface area contributed by atoms with Gasteiger partial charge in [-0.1, -0.05) is 6.07 Å². The molecule has 1 aromatic rings. The van der Waals surface area contributed by atoms with Crippen molar-refractivity contribution in [3.63, 3.8) is 0 Å². The summed E-state index contributed by atoms with van der Waals surface area (Å²) in [6.07, 6.45) is 5.01. The molecule has 2 aliphatic rings. The van der Waals surface area contributed by atoms with Gasteiger partial charge in [0.2, 0.25) is 0 Å². The van der Waals surface area contributed by atoms with Gasteiger partial charge in [-0.15, -0.1) is 0 Å². The van der Waals surface area contributed by atoms with Crippen LogP contribution in [-0.2, 0) is 11.3 Å². The van der Waals surface area contributed by atoms with Crippen LogP contribution in [-0.4, -0.2) is 33.5 Å². The standard InChI is InChI=1S/C17H25NO3/c1-19-14-4-3-13(15(11-14)20-2)12-18-16-5-6-17(16)7-9-21-10-8-17/h3-4,11,16,18H,5-10,12H2,1-2H3. The Hall–Kier alpha value is -1.26. The summed E-state index contributed by atoms with van der Waals surface area (Å²) in [5.41, 5.74) is 1.67. The summed E-state index contributed by atoms with van der Waals surface area (Å²) in [4.78, 5) is 0. The van der Waals surface area contributed by atoms with Crippen LogP contribution in [0.1, 0.15) is 31.2 Å². The average molecular weight is 291 g/mol. The molecule has 4 nitrogen and oxygen atoms in total. The number of hydrogen-bond acceptors (Lipinski definition) is 4. The van der Waals surface area contributed by atoms with E-state index in [0.29, 0.717) is 11.5 Å². The van der Waals surface area contributed by atoms with Crippen molar-refractivity contribution >= 4 is 0 Å². The Bertz CT molecular complexity index is 483. The summed E-state index contributed by atoms with van der Waals surface area (Å²) < 4.78 is 16.2. The Morgan fingerprint density at radius 2 is 2.00 bits per heavy atom. The fraction of sp³-hybridized carbons (Fsp3) is 0.647. The third-order valence-electron chi connectivity index (χ3n) is 5.19. The molecular weight excluding hydrogens is 266 g/mol. The van der Waals surface area contributed by atoms with Crippen LogP contribution < -0.4 is 14.8 Å². The van der Waals surface area contributed by atoms with Gasteiger partial charge < -0.3 is 19.5 Å². The first-order chi connectivity index (χ1) is 10.3. The van der Waals surface area contributed by atoms with Crippen LogP contribution in [0.3, 0.4) is 0 Å². The Morgan fingerprint density at radius 3 is 2.62 bits per heavy atom. The van der Waals surface area contributed by atoms with Crippen LogP contribution in [0.15, 0.2) is 18.2 Å². The highest BCUT2D eigenvalue weighted by molar-refractivity contribution is 5.40. The predicted molar refractivity (Wildman–Crippen MR) is 81.9 cm³/mol. The monoisotopic (exact) mass is 291 g/mol. The molecular formula is C17H25NO3. The van der Waals surface area contributed by atoms with Crippen molar-refractivity contribution in [1.29, 1.82) is 0 Å².